The number of hydrogen-bond acceptors (Lipinski definition) is 0. The zero-order valence-corrected chi connectivity index (χ0v) is 10.2. The maximum atomic E-state index is 9.75. The lowest BCUT2D eigenvalue weighted by atomic mass is 10.2. The maximum absolute atomic E-state index is 9.75. The van der Waals surface area contributed by atoms with Gasteiger partial charge in [-0.2, -0.15) is 0 Å². The molecule has 1 nitrogen and oxygen atoms in total. The lowest BCUT2D eigenvalue weighted by molar-refractivity contribution is -0.928. The molecular weight excluding hydrogens is 209 g/mol. The molecule has 15 heavy (non-hydrogen) atoms. The maximum Gasteiger partial charge on any atom is 0.673 e. The van der Waals surface area contributed by atoms with Gasteiger partial charge in [0.05, 0.1) is 26.2 Å². The van der Waals surface area contributed by atoms with E-state index >= 15 is 0 Å². The van der Waals surface area contributed by atoms with Gasteiger partial charge in [-0.25, -0.2) is 0 Å². The van der Waals surface area contributed by atoms with Crippen LogP contribution in [0.3, 0.4) is 0 Å². The molecule has 0 heterocycles. The van der Waals surface area contributed by atoms with E-state index in [9.17, 15) is 17.3 Å². The van der Waals surface area contributed by atoms with E-state index in [1.165, 1.54) is 24.0 Å². The molecule has 6 heteroatoms. The second kappa shape index (κ2) is 7.09. The number of nitrogens with zero attached hydrogens (tertiary/aromatic N) is 1. The van der Waals surface area contributed by atoms with Crippen molar-refractivity contribution in [1.82, 2.24) is 0 Å². The monoisotopic (exact) mass is 231 g/mol. The van der Waals surface area contributed by atoms with E-state index in [0.717, 1.165) is 6.04 Å². The summed E-state index contributed by atoms with van der Waals surface area (Å²) in [6.07, 6.45) is 1.29. The van der Waals surface area contributed by atoms with Crippen molar-refractivity contribution in [2.24, 2.45) is 0 Å². The fourth-order valence-corrected chi connectivity index (χ4v) is 1.29. The summed E-state index contributed by atoms with van der Waals surface area (Å²) in [4.78, 5) is 0. The van der Waals surface area contributed by atoms with Crippen molar-refractivity contribution in [3.05, 3.63) is 0 Å². The topological polar surface area (TPSA) is 0 Å². The summed E-state index contributed by atoms with van der Waals surface area (Å²) in [6.45, 7) is 11.7. The number of rotatable bonds is 4. The Morgan fingerprint density at radius 1 is 1.07 bits per heavy atom. The Kier molecular flexibility index (Phi) is 8.11. The molecule has 0 aromatic rings. The van der Waals surface area contributed by atoms with E-state index < -0.39 is 7.25 Å². The van der Waals surface area contributed by atoms with E-state index in [1.54, 1.807) is 0 Å². The fourth-order valence-electron chi connectivity index (χ4n) is 1.29. The minimum Gasteiger partial charge on any atom is -0.418 e. The molecule has 0 radical (unpaired) electrons. The standard InChI is InChI=1S/C9H22N.BF4/c1-6-8-10(5,7-2)9(3)4;2-1(3,4)5/h9H,6-8H2,1-5H3;/q+1;-1. The molecule has 0 aliphatic carbocycles. The first-order chi connectivity index (χ1) is 6.56. The third-order valence-corrected chi connectivity index (χ3v) is 2.70. The second-order valence-corrected chi connectivity index (χ2v) is 4.11. The Morgan fingerprint density at radius 3 is 1.47 bits per heavy atom. The van der Waals surface area contributed by atoms with Crippen molar-refractivity contribution in [2.75, 3.05) is 20.1 Å². The third kappa shape index (κ3) is 11.7. The van der Waals surface area contributed by atoms with Crippen LogP contribution in [-0.4, -0.2) is 37.9 Å². The fraction of sp³-hybridized carbons (Fsp3) is 1.00. The molecule has 0 aliphatic heterocycles. The van der Waals surface area contributed by atoms with Gasteiger partial charge in [-0.15, -0.1) is 0 Å². The highest BCUT2D eigenvalue weighted by atomic mass is 19.5. The van der Waals surface area contributed by atoms with Crippen molar-refractivity contribution in [3.63, 3.8) is 0 Å². The van der Waals surface area contributed by atoms with E-state index in [1.807, 2.05) is 0 Å². The van der Waals surface area contributed by atoms with Gasteiger partial charge in [0.2, 0.25) is 0 Å². The van der Waals surface area contributed by atoms with Gasteiger partial charge < -0.3 is 21.7 Å². The smallest absolute Gasteiger partial charge is 0.418 e. The molecule has 0 aliphatic rings. The van der Waals surface area contributed by atoms with Crippen LogP contribution in [0.25, 0.3) is 0 Å². The molecule has 0 spiro atoms. The summed E-state index contributed by atoms with van der Waals surface area (Å²) >= 11 is 0. The lowest BCUT2D eigenvalue weighted by Crippen LogP contribution is -2.49. The Bertz CT molecular complexity index is 155. The van der Waals surface area contributed by atoms with Crippen molar-refractivity contribution in [3.8, 4) is 0 Å². The molecule has 0 amide bonds. The van der Waals surface area contributed by atoms with Crippen molar-refractivity contribution in [2.45, 2.75) is 40.2 Å². The van der Waals surface area contributed by atoms with Crippen molar-refractivity contribution >= 4 is 7.25 Å². The van der Waals surface area contributed by atoms with Gasteiger partial charge in [0.25, 0.3) is 0 Å². The summed E-state index contributed by atoms with van der Waals surface area (Å²) in [6, 6.07) is 0.768. The Balaban J connectivity index is 0. The number of quaternary nitrogens is 1. The summed E-state index contributed by atoms with van der Waals surface area (Å²) in [5.41, 5.74) is 0. The van der Waals surface area contributed by atoms with E-state index in [2.05, 4.69) is 34.7 Å². The molecule has 0 N–H and O–H groups in total. The lowest BCUT2D eigenvalue weighted by Gasteiger charge is -2.37. The molecule has 0 aromatic heterocycles. The minimum atomic E-state index is -6.00. The molecule has 0 rings (SSSR count). The molecule has 0 saturated carbocycles. The van der Waals surface area contributed by atoms with Gasteiger partial charge in [0, 0.05) is 0 Å². The third-order valence-electron chi connectivity index (χ3n) is 2.70. The van der Waals surface area contributed by atoms with Crippen LogP contribution in [0.15, 0.2) is 0 Å². The predicted octanol–water partition coefficient (Wildman–Crippen LogP) is 3.57. The predicted molar refractivity (Wildman–Crippen MR) is 57.2 cm³/mol. The summed E-state index contributed by atoms with van der Waals surface area (Å²) < 4.78 is 40.2. The van der Waals surface area contributed by atoms with Crippen LogP contribution in [0.4, 0.5) is 17.3 Å². The molecule has 1 atom stereocenters. The second-order valence-electron chi connectivity index (χ2n) is 4.11. The van der Waals surface area contributed by atoms with E-state index in [0.29, 0.717) is 0 Å². The van der Waals surface area contributed by atoms with Gasteiger partial charge in [-0.1, -0.05) is 6.92 Å². The average molecular weight is 231 g/mol. The zero-order chi connectivity index (χ0) is 12.7. The Labute approximate surface area is 90.2 Å². The summed E-state index contributed by atoms with van der Waals surface area (Å²) in [7, 11) is -3.66. The van der Waals surface area contributed by atoms with Gasteiger partial charge >= 0.3 is 7.25 Å². The molecule has 0 saturated heterocycles. The van der Waals surface area contributed by atoms with Crippen LogP contribution in [0, 0.1) is 0 Å². The zero-order valence-electron chi connectivity index (χ0n) is 10.2. The van der Waals surface area contributed by atoms with E-state index in [-0.39, 0.29) is 0 Å². The van der Waals surface area contributed by atoms with Crippen molar-refractivity contribution < 1.29 is 21.7 Å². The highest BCUT2D eigenvalue weighted by Crippen LogP contribution is 2.09. The SMILES string of the molecule is CCC[N+](C)(CC)C(C)C.F[B-](F)(F)F. The van der Waals surface area contributed by atoms with Crippen LogP contribution in [0.5, 0.6) is 0 Å². The summed E-state index contributed by atoms with van der Waals surface area (Å²) in [5.74, 6) is 0. The highest BCUT2D eigenvalue weighted by Gasteiger charge is 2.21. The largest absolute Gasteiger partial charge is 0.673 e. The first-order valence-corrected chi connectivity index (χ1v) is 5.28. The molecule has 0 fully saturated rings. The van der Waals surface area contributed by atoms with Crippen LogP contribution in [-0.2, 0) is 0 Å². The summed E-state index contributed by atoms with van der Waals surface area (Å²) in [5, 5.41) is 0. The first kappa shape index (κ1) is 17.1. The van der Waals surface area contributed by atoms with Crippen LogP contribution in [0.2, 0.25) is 0 Å². The molecule has 1 unspecified atom stereocenters. The highest BCUT2D eigenvalue weighted by molar-refractivity contribution is 6.50. The molecule has 94 valence electrons. The minimum absolute atomic E-state index is 0.768. The molecule has 0 aromatic carbocycles. The van der Waals surface area contributed by atoms with Gasteiger partial charge in [-0.05, 0) is 27.2 Å². The molecular formula is C9H22BF4N. The molecule has 0 bridgehead atoms. The van der Waals surface area contributed by atoms with Gasteiger partial charge in [0.15, 0.2) is 0 Å². The van der Waals surface area contributed by atoms with Gasteiger partial charge in [-0.3, -0.25) is 0 Å². The number of hydrogen-bond donors (Lipinski definition) is 0. The van der Waals surface area contributed by atoms with Gasteiger partial charge in [0.1, 0.15) is 0 Å². The van der Waals surface area contributed by atoms with Crippen LogP contribution in [0.1, 0.15) is 34.1 Å². The Morgan fingerprint density at radius 2 is 1.40 bits per heavy atom. The Hall–Kier alpha value is -0.255. The van der Waals surface area contributed by atoms with E-state index in [4.69, 9.17) is 0 Å². The average Bonchev–Trinajstić information content (AvgIpc) is 2.01. The van der Waals surface area contributed by atoms with Crippen LogP contribution >= 0.6 is 0 Å². The first-order valence-electron chi connectivity index (χ1n) is 5.28. The number of halogens is 4. The van der Waals surface area contributed by atoms with Crippen LogP contribution < -0.4 is 0 Å². The normalized spacial score (nSPS) is 15.6. The van der Waals surface area contributed by atoms with Crippen molar-refractivity contribution in [1.29, 1.82) is 0 Å². The quantitative estimate of drug-likeness (QED) is 0.394.